The Morgan fingerprint density at radius 3 is 2.27 bits per heavy atom. The maximum atomic E-state index is 9.95. The van der Waals surface area contributed by atoms with Crippen molar-refractivity contribution in [1.82, 2.24) is 0 Å². The van der Waals surface area contributed by atoms with Gasteiger partial charge in [0.15, 0.2) is 11.3 Å². The number of nitrogens with zero attached hydrogens (tertiary/aromatic N) is 4. The molecule has 0 saturated carbocycles. The van der Waals surface area contributed by atoms with E-state index in [2.05, 4.69) is 74.2 Å². The molecule has 8 heteroatoms. The van der Waals surface area contributed by atoms with Crippen molar-refractivity contribution in [3.63, 3.8) is 0 Å². The number of hydrogen-bond donors (Lipinski definition) is 0. The van der Waals surface area contributed by atoms with Gasteiger partial charge < -0.3 is 19.1 Å². The van der Waals surface area contributed by atoms with Crippen molar-refractivity contribution in [3.05, 3.63) is 98.0 Å². The van der Waals surface area contributed by atoms with Crippen LogP contribution in [-0.4, -0.2) is 25.8 Å². The molecule has 0 radical (unpaired) electrons. The number of anilines is 1. The van der Waals surface area contributed by atoms with Gasteiger partial charge in [-0.25, -0.2) is 0 Å². The molecular weight excluding hydrogens is 629 g/mol. The van der Waals surface area contributed by atoms with Gasteiger partial charge in [0.25, 0.3) is 0 Å². The summed E-state index contributed by atoms with van der Waals surface area (Å²) in [6.07, 6.45) is 9.39. The maximum Gasteiger partial charge on any atom is 0.172 e. The molecule has 0 fully saturated rings. The van der Waals surface area contributed by atoms with Gasteiger partial charge >= 0.3 is 0 Å². The molecule has 49 heavy (non-hydrogen) atoms. The molecule has 1 aromatic heterocycles. The number of thiophene rings is 1. The van der Waals surface area contributed by atoms with Crippen molar-refractivity contribution in [2.45, 2.75) is 84.8 Å². The number of rotatable bonds is 16. The topological polar surface area (TPSA) is 102 Å². The Kier molecular flexibility index (Phi) is 13.1. The van der Waals surface area contributed by atoms with E-state index in [9.17, 15) is 15.8 Å². The van der Waals surface area contributed by atoms with Crippen molar-refractivity contribution in [3.8, 4) is 29.7 Å². The number of hydrogen-bond acceptors (Lipinski definition) is 8. The minimum absolute atomic E-state index is 0.0874. The fraction of sp³-hybridized carbons (Fsp3) is 0.390. The third kappa shape index (κ3) is 9.35. The number of benzene rings is 2. The first kappa shape index (κ1) is 36.9. The zero-order valence-electron chi connectivity index (χ0n) is 29.5. The summed E-state index contributed by atoms with van der Waals surface area (Å²) in [5.41, 5.74) is 3.38. The van der Waals surface area contributed by atoms with E-state index in [0.29, 0.717) is 18.6 Å². The van der Waals surface area contributed by atoms with Crippen molar-refractivity contribution in [1.29, 1.82) is 15.8 Å². The first-order valence-corrected chi connectivity index (χ1v) is 17.8. The highest BCUT2D eigenvalue weighted by atomic mass is 32.1. The van der Waals surface area contributed by atoms with Crippen molar-refractivity contribution in [2.75, 3.05) is 25.1 Å². The van der Waals surface area contributed by atoms with E-state index >= 15 is 0 Å². The van der Waals surface area contributed by atoms with Crippen LogP contribution in [0.3, 0.4) is 0 Å². The highest BCUT2D eigenvalue weighted by Crippen LogP contribution is 2.44. The Morgan fingerprint density at radius 1 is 0.959 bits per heavy atom. The summed E-state index contributed by atoms with van der Waals surface area (Å²) in [6.45, 7) is 12.8. The van der Waals surface area contributed by atoms with Crippen LogP contribution in [0.2, 0.25) is 0 Å². The molecule has 0 N–H and O–H groups in total. The Labute approximate surface area is 296 Å². The van der Waals surface area contributed by atoms with Crippen LogP contribution in [0.4, 0.5) is 5.69 Å². The zero-order chi connectivity index (χ0) is 35.4. The minimum atomic E-state index is -0.787. The van der Waals surface area contributed by atoms with E-state index in [4.69, 9.17) is 14.2 Å². The highest BCUT2D eigenvalue weighted by Gasteiger charge is 2.40. The van der Waals surface area contributed by atoms with Crippen LogP contribution in [-0.2, 0) is 11.3 Å². The van der Waals surface area contributed by atoms with E-state index in [0.717, 1.165) is 71.8 Å². The normalized spacial score (nSPS) is 14.1. The second-order valence-electron chi connectivity index (χ2n) is 12.7. The number of methoxy groups -OCH3 is 1. The zero-order valence-corrected chi connectivity index (χ0v) is 30.3. The van der Waals surface area contributed by atoms with Gasteiger partial charge in [-0.3, -0.25) is 0 Å². The lowest BCUT2D eigenvalue weighted by Gasteiger charge is -2.25. The number of ether oxygens (including phenoxy) is 3. The largest absolute Gasteiger partial charge is 0.497 e. The van der Waals surface area contributed by atoms with Crippen molar-refractivity contribution in [2.24, 2.45) is 0 Å². The third-order valence-electron chi connectivity index (χ3n) is 8.72. The van der Waals surface area contributed by atoms with E-state index in [1.54, 1.807) is 18.4 Å². The Bertz CT molecular complexity index is 1790. The molecule has 0 aliphatic carbocycles. The summed E-state index contributed by atoms with van der Waals surface area (Å²) in [7, 11) is 1.67. The first-order valence-electron chi connectivity index (χ1n) is 17.0. The van der Waals surface area contributed by atoms with Gasteiger partial charge in [-0.05, 0) is 98.7 Å². The molecule has 1 unspecified atom stereocenters. The van der Waals surface area contributed by atoms with Crippen LogP contribution in [0.5, 0.6) is 11.5 Å². The number of nitriles is 3. The number of allylic oxidation sites excluding steroid dienone is 2. The summed E-state index contributed by atoms with van der Waals surface area (Å²) in [5.74, 6) is 1.84. The molecule has 1 atom stereocenters. The molecular formula is C41H46N4O3S. The maximum absolute atomic E-state index is 9.95. The molecule has 7 nitrogen and oxygen atoms in total. The van der Waals surface area contributed by atoms with Crippen molar-refractivity contribution >= 4 is 29.2 Å². The van der Waals surface area contributed by atoms with Crippen LogP contribution in [0.25, 0.3) is 12.2 Å². The predicted molar refractivity (Wildman–Crippen MR) is 198 cm³/mol. The van der Waals surface area contributed by atoms with Crippen molar-refractivity contribution < 1.29 is 14.2 Å². The molecule has 1 aliphatic heterocycles. The summed E-state index contributed by atoms with van der Waals surface area (Å²) in [5, 5.41) is 28.8. The average Bonchev–Trinajstić information content (AvgIpc) is 3.69. The van der Waals surface area contributed by atoms with Crippen LogP contribution in [0, 0.1) is 34.0 Å². The van der Waals surface area contributed by atoms with Gasteiger partial charge in [0.2, 0.25) is 0 Å². The summed E-state index contributed by atoms with van der Waals surface area (Å²) >= 11 is 1.70. The Balaban J connectivity index is 1.58. The highest BCUT2D eigenvalue weighted by molar-refractivity contribution is 7.13. The van der Waals surface area contributed by atoms with Gasteiger partial charge in [0.05, 0.1) is 12.7 Å². The lowest BCUT2D eigenvalue weighted by Crippen LogP contribution is -2.25. The van der Waals surface area contributed by atoms with E-state index < -0.39 is 5.60 Å². The smallest absolute Gasteiger partial charge is 0.172 e. The fourth-order valence-electron chi connectivity index (χ4n) is 5.81. The summed E-state index contributed by atoms with van der Waals surface area (Å²) < 4.78 is 17.8. The lowest BCUT2D eigenvalue weighted by molar-refractivity contribution is 0.0895. The van der Waals surface area contributed by atoms with E-state index in [1.165, 1.54) is 10.6 Å². The van der Waals surface area contributed by atoms with Crippen LogP contribution in [0.15, 0.2) is 77.1 Å². The molecule has 0 amide bonds. The summed E-state index contributed by atoms with van der Waals surface area (Å²) in [6, 6.07) is 24.7. The molecule has 0 bridgehead atoms. The first-order chi connectivity index (χ1) is 23.7. The standard InChI is InChI=1S/C41H46N4O3S/c1-7-9-21-45(22-10-8-2)33-15-13-31(38(24-33)47-28-30-11-16-34(46-6)17-12-30)14-18-35-19-20-39(49-35)29(3)23-37-36(27-44)40(32(25-42)26-43)48-41(37,4)5/h11-20,24,29H,7-10,21-23,28H2,1-6H3/b18-14+. The second kappa shape index (κ2) is 17.4. The number of unbranched alkanes of at least 4 members (excludes halogenated alkanes) is 2. The van der Waals surface area contributed by atoms with Gasteiger partial charge in [0.1, 0.15) is 41.9 Å². The molecule has 0 spiro atoms. The molecule has 254 valence electrons. The molecule has 4 rings (SSSR count). The molecule has 0 saturated heterocycles. The van der Waals surface area contributed by atoms with Crippen LogP contribution in [0.1, 0.15) is 93.5 Å². The van der Waals surface area contributed by atoms with Gasteiger partial charge in [-0.1, -0.05) is 45.7 Å². The summed E-state index contributed by atoms with van der Waals surface area (Å²) in [4.78, 5) is 4.75. The molecule has 1 aliphatic rings. The Hall–Kier alpha value is -4.97. The molecule has 2 heterocycles. The molecule has 3 aromatic rings. The SMILES string of the molecule is CCCCN(CCCC)c1ccc(/C=C/c2ccc(C(C)CC3=C(C#N)C(=C(C#N)C#N)OC3(C)C)s2)c(OCc2ccc(OC)cc2)c1. The fourth-order valence-corrected chi connectivity index (χ4v) is 6.77. The third-order valence-corrected chi connectivity index (χ3v) is 10.0. The Morgan fingerprint density at radius 2 is 1.65 bits per heavy atom. The second-order valence-corrected chi connectivity index (χ2v) is 13.9. The van der Waals surface area contributed by atoms with E-state index in [1.807, 2.05) is 50.3 Å². The van der Waals surface area contributed by atoms with Gasteiger partial charge in [0, 0.05) is 40.2 Å². The quantitative estimate of drug-likeness (QED) is 0.139. The minimum Gasteiger partial charge on any atom is -0.497 e. The average molecular weight is 675 g/mol. The molecule has 2 aromatic carbocycles. The van der Waals surface area contributed by atoms with E-state index in [-0.39, 0.29) is 17.3 Å². The van der Waals surface area contributed by atoms with Crippen LogP contribution < -0.4 is 14.4 Å². The monoisotopic (exact) mass is 674 g/mol. The van der Waals surface area contributed by atoms with Crippen LogP contribution >= 0.6 is 11.3 Å². The van der Waals surface area contributed by atoms with Gasteiger partial charge in [-0.15, -0.1) is 11.3 Å². The lowest BCUT2D eigenvalue weighted by atomic mass is 9.87. The predicted octanol–water partition coefficient (Wildman–Crippen LogP) is 10.3. The van der Waals surface area contributed by atoms with Gasteiger partial charge in [-0.2, -0.15) is 15.8 Å².